The van der Waals surface area contributed by atoms with Gasteiger partial charge in [0, 0.05) is 57.2 Å². The number of carboxylic acids is 1. The number of fused-ring (bicyclic) bond motifs is 1. The fourth-order valence-electron chi connectivity index (χ4n) is 3.49. The van der Waals surface area contributed by atoms with E-state index in [1.165, 1.54) is 0 Å². The smallest absolute Gasteiger partial charge is 0.475 e. The molecule has 7 nitrogen and oxygen atoms in total. The van der Waals surface area contributed by atoms with Crippen molar-refractivity contribution in [2.24, 2.45) is 11.8 Å². The number of carboxylic acid groups (broad SMARTS) is 1. The van der Waals surface area contributed by atoms with E-state index in [4.69, 9.17) is 14.6 Å². The first kappa shape index (κ1) is 22.6. The quantitative estimate of drug-likeness (QED) is 0.802. The summed E-state index contributed by atoms with van der Waals surface area (Å²) >= 11 is 1.70. The fourth-order valence-corrected chi connectivity index (χ4v) is 4.15. The second-order valence-corrected chi connectivity index (χ2v) is 7.93. The zero-order valence-corrected chi connectivity index (χ0v) is 16.5. The summed E-state index contributed by atoms with van der Waals surface area (Å²) in [5, 5.41) is 10.3. The number of thiazole rings is 1. The van der Waals surface area contributed by atoms with Gasteiger partial charge >= 0.3 is 12.1 Å². The Morgan fingerprint density at radius 2 is 2.07 bits per heavy atom. The highest BCUT2D eigenvalue weighted by molar-refractivity contribution is 7.09. The Bertz CT molecular complexity index is 655. The Labute approximate surface area is 165 Å². The molecule has 3 atom stereocenters. The van der Waals surface area contributed by atoms with Crippen molar-refractivity contribution >= 4 is 23.2 Å². The highest BCUT2D eigenvalue weighted by Crippen LogP contribution is 2.34. The number of piperidine rings is 1. The van der Waals surface area contributed by atoms with E-state index in [9.17, 15) is 18.0 Å². The van der Waals surface area contributed by atoms with Crippen molar-refractivity contribution in [2.45, 2.75) is 31.7 Å². The maximum atomic E-state index is 12.4. The number of hydrogen-bond donors (Lipinski definition) is 1. The van der Waals surface area contributed by atoms with Crippen LogP contribution in [0.2, 0.25) is 0 Å². The number of ether oxygens (including phenoxy) is 1. The molecule has 1 aromatic heterocycles. The number of aliphatic carboxylic acids is 1. The number of alkyl halides is 3. The predicted octanol–water partition coefficient (Wildman–Crippen LogP) is 2.09. The highest BCUT2D eigenvalue weighted by atomic mass is 32.1. The minimum absolute atomic E-state index is 0.109. The monoisotopic (exact) mass is 423 g/mol. The molecule has 0 spiro atoms. The van der Waals surface area contributed by atoms with E-state index in [1.54, 1.807) is 16.2 Å². The predicted molar refractivity (Wildman–Crippen MR) is 95.7 cm³/mol. The number of amides is 1. The van der Waals surface area contributed by atoms with E-state index in [0.29, 0.717) is 5.92 Å². The SMILES string of the molecule is CN(C)C(=O)[C@H]1CCO[C@H]2CCN(Cc3nccs3)C[C@@H]21.O=C(O)C(F)(F)F. The number of hydrogen-bond acceptors (Lipinski definition) is 6. The van der Waals surface area contributed by atoms with Crippen LogP contribution in [0.1, 0.15) is 17.8 Å². The molecule has 11 heteroatoms. The van der Waals surface area contributed by atoms with Crippen molar-refractivity contribution < 1.29 is 32.6 Å². The summed E-state index contributed by atoms with van der Waals surface area (Å²) in [4.78, 5) is 29.8. The van der Waals surface area contributed by atoms with E-state index < -0.39 is 12.1 Å². The molecule has 158 valence electrons. The van der Waals surface area contributed by atoms with E-state index in [0.717, 1.165) is 44.1 Å². The molecule has 2 fully saturated rings. The molecule has 28 heavy (non-hydrogen) atoms. The van der Waals surface area contributed by atoms with Crippen LogP contribution in [0.15, 0.2) is 11.6 Å². The van der Waals surface area contributed by atoms with Crippen LogP contribution in [0, 0.1) is 11.8 Å². The van der Waals surface area contributed by atoms with Crippen molar-refractivity contribution in [3.05, 3.63) is 16.6 Å². The first-order chi connectivity index (χ1) is 13.1. The number of carbonyl (C=O) groups excluding carboxylic acids is 1. The van der Waals surface area contributed by atoms with Crippen molar-refractivity contribution in [1.29, 1.82) is 0 Å². The normalized spacial score (nSPS) is 25.2. The van der Waals surface area contributed by atoms with Gasteiger partial charge < -0.3 is 14.7 Å². The van der Waals surface area contributed by atoms with Crippen LogP contribution < -0.4 is 0 Å². The molecule has 0 radical (unpaired) electrons. The summed E-state index contributed by atoms with van der Waals surface area (Å²) < 4.78 is 37.7. The minimum atomic E-state index is -5.08. The molecule has 3 heterocycles. The average molecular weight is 423 g/mol. The number of halogens is 3. The summed E-state index contributed by atoms with van der Waals surface area (Å²) in [6.07, 6.45) is -1.11. The van der Waals surface area contributed by atoms with Crippen LogP contribution in [0.5, 0.6) is 0 Å². The number of nitrogens with zero attached hydrogens (tertiary/aromatic N) is 3. The van der Waals surface area contributed by atoms with E-state index in [1.807, 2.05) is 25.7 Å². The van der Waals surface area contributed by atoms with Gasteiger partial charge in [-0.3, -0.25) is 9.69 Å². The van der Waals surface area contributed by atoms with Crippen LogP contribution in [0.4, 0.5) is 13.2 Å². The van der Waals surface area contributed by atoms with Crippen LogP contribution >= 0.6 is 11.3 Å². The summed E-state index contributed by atoms with van der Waals surface area (Å²) in [6, 6.07) is 0. The highest BCUT2D eigenvalue weighted by Gasteiger charge is 2.42. The molecule has 1 N–H and O–H groups in total. The Kier molecular flexibility index (Phi) is 7.79. The second kappa shape index (κ2) is 9.66. The van der Waals surface area contributed by atoms with Crippen LogP contribution in [0.25, 0.3) is 0 Å². The average Bonchev–Trinajstić information content (AvgIpc) is 3.13. The molecule has 0 saturated carbocycles. The lowest BCUT2D eigenvalue weighted by Gasteiger charge is -2.44. The summed E-state index contributed by atoms with van der Waals surface area (Å²) in [5.74, 6) is -2.07. The molecular weight excluding hydrogens is 399 g/mol. The van der Waals surface area contributed by atoms with E-state index in [-0.39, 0.29) is 17.9 Å². The Morgan fingerprint density at radius 3 is 2.61 bits per heavy atom. The molecule has 1 aromatic rings. The summed E-state index contributed by atoms with van der Waals surface area (Å²) in [6.45, 7) is 3.58. The first-order valence-corrected chi connectivity index (χ1v) is 9.71. The lowest BCUT2D eigenvalue weighted by molar-refractivity contribution is -0.192. The Morgan fingerprint density at radius 1 is 1.39 bits per heavy atom. The van der Waals surface area contributed by atoms with E-state index in [2.05, 4.69) is 9.88 Å². The molecule has 0 unspecified atom stereocenters. The molecule has 0 aliphatic carbocycles. The molecule has 1 amide bonds. The molecule has 0 bridgehead atoms. The van der Waals surface area contributed by atoms with Gasteiger partial charge in [0.1, 0.15) is 5.01 Å². The lowest BCUT2D eigenvalue weighted by atomic mass is 9.79. The van der Waals surface area contributed by atoms with Crippen molar-refractivity contribution in [3.63, 3.8) is 0 Å². The van der Waals surface area contributed by atoms with Gasteiger partial charge in [-0.1, -0.05) is 0 Å². The van der Waals surface area contributed by atoms with Gasteiger partial charge in [-0.15, -0.1) is 11.3 Å². The number of aromatic nitrogens is 1. The van der Waals surface area contributed by atoms with Crippen LogP contribution in [-0.4, -0.2) is 77.8 Å². The maximum Gasteiger partial charge on any atom is 0.490 e. The van der Waals surface area contributed by atoms with Gasteiger partial charge in [0.2, 0.25) is 5.91 Å². The van der Waals surface area contributed by atoms with Crippen molar-refractivity contribution in [2.75, 3.05) is 33.8 Å². The molecule has 2 aliphatic rings. The molecule has 0 aromatic carbocycles. The zero-order valence-electron chi connectivity index (χ0n) is 15.7. The largest absolute Gasteiger partial charge is 0.490 e. The van der Waals surface area contributed by atoms with Gasteiger partial charge in [-0.2, -0.15) is 13.2 Å². The minimum Gasteiger partial charge on any atom is -0.475 e. The third-order valence-electron chi connectivity index (χ3n) is 4.80. The molecule has 2 aliphatic heterocycles. The maximum absolute atomic E-state index is 12.4. The number of rotatable bonds is 3. The van der Waals surface area contributed by atoms with Crippen LogP contribution in [0.3, 0.4) is 0 Å². The molecule has 2 saturated heterocycles. The Balaban J connectivity index is 0.000000345. The third-order valence-corrected chi connectivity index (χ3v) is 5.56. The zero-order chi connectivity index (χ0) is 20.9. The third kappa shape index (κ3) is 6.14. The fraction of sp³-hybridized carbons (Fsp3) is 0.706. The molecule has 3 rings (SSSR count). The van der Waals surface area contributed by atoms with E-state index >= 15 is 0 Å². The lowest BCUT2D eigenvalue weighted by Crippen LogP contribution is -2.52. The van der Waals surface area contributed by atoms with Crippen molar-refractivity contribution in [3.8, 4) is 0 Å². The van der Waals surface area contributed by atoms with Gasteiger partial charge in [0.15, 0.2) is 0 Å². The van der Waals surface area contributed by atoms with Crippen LogP contribution in [-0.2, 0) is 20.9 Å². The van der Waals surface area contributed by atoms with Gasteiger partial charge in [-0.25, -0.2) is 9.78 Å². The standard InChI is InChI=1S/C15H23N3O2S.C2HF3O2/c1-17(2)15(19)11-4-7-20-13-3-6-18(9-12(11)13)10-14-16-5-8-21-14;3-2(4,5)1(6)7/h5,8,11-13H,3-4,6-7,9-10H2,1-2H3;(H,6,7)/t11-,12+,13-;/m0./s1. The summed E-state index contributed by atoms with van der Waals surface area (Å²) in [7, 11) is 3.70. The summed E-state index contributed by atoms with van der Waals surface area (Å²) in [5.41, 5.74) is 0. The number of carbonyl (C=O) groups is 2. The first-order valence-electron chi connectivity index (χ1n) is 8.83. The van der Waals surface area contributed by atoms with Gasteiger partial charge in [0.25, 0.3) is 0 Å². The molecular formula is C17H24F3N3O4S. The second-order valence-electron chi connectivity index (χ2n) is 6.95. The van der Waals surface area contributed by atoms with Crippen molar-refractivity contribution in [1.82, 2.24) is 14.8 Å². The topological polar surface area (TPSA) is 83.0 Å². The van der Waals surface area contributed by atoms with Gasteiger partial charge in [-0.05, 0) is 12.8 Å². The number of likely N-dealkylation sites (tertiary alicyclic amines) is 1. The Hall–Kier alpha value is -1.72. The van der Waals surface area contributed by atoms with Gasteiger partial charge in [0.05, 0.1) is 12.6 Å².